The average Bonchev–Trinajstić information content (AvgIpc) is 2.59. The van der Waals surface area contributed by atoms with Gasteiger partial charge in [-0.25, -0.2) is 0 Å². The summed E-state index contributed by atoms with van der Waals surface area (Å²) in [5.41, 5.74) is 3.61. The van der Waals surface area contributed by atoms with Crippen LogP contribution in [0.25, 0.3) is 10.9 Å². The quantitative estimate of drug-likeness (QED) is 0.386. The number of aryl methyl sites for hydroxylation is 2. The molecule has 2 rings (SSSR count). The lowest BCUT2D eigenvalue weighted by Crippen LogP contribution is -3.05. The van der Waals surface area contributed by atoms with Gasteiger partial charge in [-0.1, -0.05) is 11.6 Å². The van der Waals surface area contributed by atoms with Crippen LogP contribution in [0.5, 0.6) is 0 Å². The van der Waals surface area contributed by atoms with Gasteiger partial charge in [0.2, 0.25) is 0 Å². The van der Waals surface area contributed by atoms with E-state index in [9.17, 15) is 9.90 Å². The molecule has 0 radical (unpaired) electrons. The first kappa shape index (κ1) is 21.3. The van der Waals surface area contributed by atoms with E-state index in [1.807, 2.05) is 24.8 Å². The summed E-state index contributed by atoms with van der Waals surface area (Å²) >= 11 is 5.48. The Labute approximate surface area is 166 Å². The highest BCUT2D eigenvalue weighted by atomic mass is 32.1. The Morgan fingerprint density at radius 1 is 1.30 bits per heavy atom. The molecule has 0 unspecified atom stereocenters. The van der Waals surface area contributed by atoms with Gasteiger partial charge in [0, 0.05) is 25.1 Å². The van der Waals surface area contributed by atoms with Crippen molar-refractivity contribution in [3.05, 3.63) is 45.2 Å². The van der Waals surface area contributed by atoms with Crippen molar-refractivity contribution >= 4 is 28.2 Å². The smallest absolute Gasteiger partial charge is 0.253 e. The number of aliphatic hydroxyl groups is 1. The molecule has 0 amide bonds. The lowest BCUT2D eigenvalue weighted by Gasteiger charge is -2.25. The maximum absolute atomic E-state index is 12.6. The summed E-state index contributed by atoms with van der Waals surface area (Å²) < 4.78 is 0. The summed E-state index contributed by atoms with van der Waals surface area (Å²) in [4.78, 5) is 18.8. The molecule has 0 aliphatic rings. The molecular weight excluding hydrogens is 360 g/mol. The van der Waals surface area contributed by atoms with Crippen LogP contribution in [-0.4, -0.2) is 60.4 Å². The molecule has 0 saturated heterocycles. The van der Waals surface area contributed by atoms with Crippen molar-refractivity contribution in [3.63, 3.8) is 0 Å². The first-order valence-electron chi connectivity index (χ1n) is 9.37. The zero-order chi connectivity index (χ0) is 20.0. The van der Waals surface area contributed by atoms with Crippen LogP contribution in [0.4, 0.5) is 0 Å². The molecule has 148 valence electrons. The zero-order valence-electron chi connectivity index (χ0n) is 16.7. The topological polar surface area (TPSA) is 72.8 Å². The van der Waals surface area contributed by atoms with Gasteiger partial charge in [-0.2, -0.15) is 0 Å². The number of aromatic nitrogens is 1. The molecule has 6 nitrogen and oxygen atoms in total. The molecule has 2 aromatic rings. The fraction of sp³-hybridized carbons (Fsp3) is 0.500. The number of nitrogens with zero attached hydrogens (tertiary/aromatic N) is 1. The van der Waals surface area contributed by atoms with E-state index >= 15 is 0 Å². The number of aromatic amines is 1. The lowest BCUT2D eigenvalue weighted by molar-refractivity contribution is -0.858. The number of pyridine rings is 1. The van der Waals surface area contributed by atoms with Crippen LogP contribution < -0.4 is 15.8 Å². The molecule has 1 aromatic carbocycles. The number of aliphatic hydroxyl groups excluding tert-OH is 1. The standard InChI is InChI=1S/C20H30N4O2S/c1-14-10-15(2)18-16(11-14)12-17(19(26)22-18)13-24(8-9-25)20(27)21-6-5-7-23(3)4/h10-12,25H,5-9,13H2,1-4H3,(H,21,27)(H,22,26)/p+1. The van der Waals surface area contributed by atoms with Gasteiger partial charge in [-0.3, -0.25) is 4.79 Å². The average molecular weight is 392 g/mol. The van der Waals surface area contributed by atoms with Crippen LogP contribution in [0.3, 0.4) is 0 Å². The number of fused-ring (bicyclic) bond motifs is 1. The highest BCUT2D eigenvalue weighted by molar-refractivity contribution is 7.80. The predicted molar refractivity (Wildman–Crippen MR) is 114 cm³/mol. The van der Waals surface area contributed by atoms with Crippen LogP contribution in [-0.2, 0) is 6.54 Å². The largest absolute Gasteiger partial charge is 0.395 e. The molecule has 0 aliphatic heterocycles. The number of hydrogen-bond acceptors (Lipinski definition) is 3. The van der Waals surface area contributed by atoms with Gasteiger partial charge in [0.15, 0.2) is 5.11 Å². The lowest BCUT2D eigenvalue weighted by atomic mass is 10.1. The minimum absolute atomic E-state index is 0.0205. The Balaban J connectivity index is 2.16. The molecule has 1 heterocycles. The monoisotopic (exact) mass is 391 g/mol. The molecule has 0 spiro atoms. The summed E-state index contributed by atoms with van der Waals surface area (Å²) in [6.07, 6.45) is 1.00. The molecule has 0 fully saturated rings. The Kier molecular flexibility index (Phi) is 7.77. The first-order valence-corrected chi connectivity index (χ1v) is 9.78. The number of quaternary nitrogens is 1. The van der Waals surface area contributed by atoms with Crippen molar-refractivity contribution in [3.8, 4) is 0 Å². The first-order chi connectivity index (χ1) is 12.8. The van der Waals surface area contributed by atoms with Crippen molar-refractivity contribution in [2.24, 2.45) is 0 Å². The van der Waals surface area contributed by atoms with E-state index < -0.39 is 0 Å². The van der Waals surface area contributed by atoms with Gasteiger partial charge < -0.3 is 25.2 Å². The number of nitrogens with one attached hydrogen (secondary N) is 3. The number of hydrogen-bond donors (Lipinski definition) is 4. The normalized spacial score (nSPS) is 11.2. The Morgan fingerprint density at radius 2 is 2.04 bits per heavy atom. The predicted octanol–water partition coefficient (Wildman–Crippen LogP) is 0.348. The third-order valence-electron chi connectivity index (χ3n) is 4.52. The third kappa shape index (κ3) is 6.02. The van der Waals surface area contributed by atoms with E-state index in [0.29, 0.717) is 23.8 Å². The van der Waals surface area contributed by atoms with Crippen molar-refractivity contribution in [1.82, 2.24) is 15.2 Å². The number of H-pyrrole nitrogens is 1. The minimum Gasteiger partial charge on any atom is -0.395 e. The highest BCUT2D eigenvalue weighted by Crippen LogP contribution is 2.18. The second-order valence-electron chi connectivity index (χ2n) is 7.36. The van der Waals surface area contributed by atoms with Crippen LogP contribution in [0.15, 0.2) is 23.0 Å². The van der Waals surface area contributed by atoms with Gasteiger partial charge in [0.1, 0.15) is 0 Å². The number of benzene rings is 1. The summed E-state index contributed by atoms with van der Waals surface area (Å²) in [6.45, 7) is 6.60. The van der Waals surface area contributed by atoms with Gasteiger partial charge in [0.25, 0.3) is 5.56 Å². The van der Waals surface area contributed by atoms with E-state index in [0.717, 1.165) is 41.5 Å². The molecule has 27 heavy (non-hydrogen) atoms. The fourth-order valence-corrected chi connectivity index (χ4v) is 3.44. The maximum Gasteiger partial charge on any atom is 0.253 e. The number of thiocarbonyl (C=S) groups is 1. The van der Waals surface area contributed by atoms with E-state index in [4.69, 9.17) is 12.2 Å². The SMILES string of the molecule is Cc1cc(C)c2[nH]c(=O)c(CN(CCO)C(=S)NCCC[NH+](C)C)cc2c1. The van der Waals surface area contributed by atoms with Gasteiger partial charge in [0.05, 0.1) is 39.3 Å². The number of rotatable bonds is 8. The molecule has 1 aromatic heterocycles. The summed E-state index contributed by atoms with van der Waals surface area (Å²) in [6, 6.07) is 6.05. The van der Waals surface area contributed by atoms with Crippen molar-refractivity contribution in [2.75, 3.05) is 40.3 Å². The molecule has 7 heteroatoms. The Bertz CT molecular complexity index is 848. The highest BCUT2D eigenvalue weighted by Gasteiger charge is 2.13. The molecule has 0 aliphatic carbocycles. The van der Waals surface area contributed by atoms with E-state index in [-0.39, 0.29) is 12.2 Å². The maximum atomic E-state index is 12.6. The van der Waals surface area contributed by atoms with Crippen LogP contribution in [0.2, 0.25) is 0 Å². The van der Waals surface area contributed by atoms with E-state index in [2.05, 4.69) is 36.5 Å². The minimum atomic E-state index is -0.114. The summed E-state index contributed by atoms with van der Waals surface area (Å²) in [5, 5.41) is 14.2. The molecule has 0 atom stereocenters. The second-order valence-corrected chi connectivity index (χ2v) is 7.74. The molecule has 0 bridgehead atoms. The third-order valence-corrected chi connectivity index (χ3v) is 4.92. The van der Waals surface area contributed by atoms with Crippen LogP contribution in [0.1, 0.15) is 23.1 Å². The van der Waals surface area contributed by atoms with Gasteiger partial charge in [-0.15, -0.1) is 0 Å². The molecule has 0 saturated carbocycles. The van der Waals surface area contributed by atoms with Crippen molar-refractivity contribution in [1.29, 1.82) is 0 Å². The molecule has 4 N–H and O–H groups in total. The summed E-state index contributed by atoms with van der Waals surface area (Å²) in [7, 11) is 4.23. The second kappa shape index (κ2) is 9.82. The van der Waals surface area contributed by atoms with Crippen LogP contribution in [0, 0.1) is 13.8 Å². The van der Waals surface area contributed by atoms with E-state index in [1.54, 1.807) is 0 Å². The van der Waals surface area contributed by atoms with Crippen molar-refractivity contribution < 1.29 is 10.0 Å². The zero-order valence-corrected chi connectivity index (χ0v) is 17.5. The molecular formula is C20H31N4O2S+. The van der Waals surface area contributed by atoms with E-state index in [1.165, 1.54) is 4.90 Å². The Hall–Kier alpha value is -1.96. The summed E-state index contributed by atoms with van der Waals surface area (Å²) in [5.74, 6) is 0. The Morgan fingerprint density at radius 3 is 2.70 bits per heavy atom. The van der Waals surface area contributed by atoms with Crippen LogP contribution >= 0.6 is 12.2 Å². The van der Waals surface area contributed by atoms with Gasteiger partial charge in [-0.05, 0) is 49.1 Å². The van der Waals surface area contributed by atoms with Gasteiger partial charge >= 0.3 is 0 Å². The van der Waals surface area contributed by atoms with Crippen molar-refractivity contribution in [2.45, 2.75) is 26.8 Å². The fourth-order valence-electron chi connectivity index (χ4n) is 3.18.